The van der Waals surface area contributed by atoms with Crippen LogP contribution in [-0.4, -0.2) is 26.3 Å². The highest BCUT2D eigenvalue weighted by molar-refractivity contribution is 5.92. The molecule has 0 radical (unpaired) electrons. The lowest BCUT2D eigenvalue weighted by Gasteiger charge is -2.21. The van der Waals surface area contributed by atoms with Crippen molar-refractivity contribution in [1.82, 2.24) is 15.2 Å². The summed E-state index contributed by atoms with van der Waals surface area (Å²) < 4.78 is 0. The number of benzene rings is 1. The number of nitrogens with one attached hydrogen (secondary N) is 1. The van der Waals surface area contributed by atoms with E-state index in [-0.39, 0.29) is 16.9 Å². The van der Waals surface area contributed by atoms with Crippen molar-refractivity contribution >= 4 is 11.8 Å². The second-order valence-electron chi connectivity index (χ2n) is 5.83. The molecular formula is C18H13N5O2. The van der Waals surface area contributed by atoms with E-state index in [1.54, 1.807) is 24.4 Å². The number of pyridine rings is 1. The molecule has 0 saturated heterocycles. The van der Waals surface area contributed by atoms with Crippen LogP contribution in [0.1, 0.15) is 27.2 Å². The number of aryl methyl sites for hydroxylation is 1. The Kier molecular flexibility index (Phi) is 3.25. The van der Waals surface area contributed by atoms with Crippen molar-refractivity contribution in [3.8, 4) is 28.5 Å². The van der Waals surface area contributed by atoms with Crippen molar-refractivity contribution in [2.24, 2.45) is 0 Å². The fourth-order valence-corrected chi connectivity index (χ4v) is 3.30. The molecule has 7 nitrogen and oxygen atoms in total. The van der Waals surface area contributed by atoms with Crippen molar-refractivity contribution in [3.63, 3.8) is 0 Å². The monoisotopic (exact) mass is 331 g/mol. The SMILES string of the molecule is N#Cc1c(N)nc2c(c1-c1cccc(C(=O)O)c1)CCc1[nH]ncc1-2. The average Bonchev–Trinajstić information content (AvgIpc) is 3.10. The van der Waals surface area contributed by atoms with E-state index in [2.05, 4.69) is 21.3 Å². The topological polar surface area (TPSA) is 129 Å². The summed E-state index contributed by atoms with van der Waals surface area (Å²) in [6, 6.07) is 8.64. The van der Waals surface area contributed by atoms with Gasteiger partial charge in [-0.3, -0.25) is 5.10 Å². The Morgan fingerprint density at radius 2 is 2.20 bits per heavy atom. The molecule has 2 heterocycles. The molecule has 1 aliphatic carbocycles. The number of hydrogen-bond donors (Lipinski definition) is 3. The van der Waals surface area contributed by atoms with Gasteiger partial charge in [0.15, 0.2) is 0 Å². The summed E-state index contributed by atoms with van der Waals surface area (Å²) in [5.74, 6) is -0.889. The molecule has 3 aromatic rings. The number of rotatable bonds is 2. The molecule has 0 fully saturated rings. The lowest BCUT2D eigenvalue weighted by atomic mass is 9.85. The highest BCUT2D eigenvalue weighted by Crippen LogP contribution is 2.40. The van der Waals surface area contributed by atoms with Crippen LogP contribution < -0.4 is 5.73 Å². The smallest absolute Gasteiger partial charge is 0.335 e. The number of hydrogen-bond acceptors (Lipinski definition) is 5. The molecule has 1 aliphatic rings. The van der Waals surface area contributed by atoms with Gasteiger partial charge in [0.2, 0.25) is 0 Å². The minimum atomic E-state index is -1.02. The molecule has 0 unspecified atom stereocenters. The van der Waals surface area contributed by atoms with Crippen molar-refractivity contribution in [2.75, 3.05) is 5.73 Å². The standard InChI is InChI=1S/C18H13N5O2/c19-7-12-15(9-2-1-3-10(6-9)18(24)25)11-4-5-14-13(8-21-23-14)16(11)22-17(12)20/h1-3,6,8H,4-5H2,(H2,20,22)(H,21,23)(H,24,25). The van der Waals surface area contributed by atoms with Crippen LogP contribution in [0.25, 0.3) is 22.4 Å². The summed E-state index contributed by atoms with van der Waals surface area (Å²) in [5, 5.41) is 25.9. The van der Waals surface area contributed by atoms with Gasteiger partial charge in [-0.1, -0.05) is 12.1 Å². The Hall–Kier alpha value is -3.66. The molecule has 0 atom stereocenters. The number of anilines is 1. The fourth-order valence-electron chi connectivity index (χ4n) is 3.30. The Morgan fingerprint density at radius 1 is 1.36 bits per heavy atom. The van der Waals surface area contributed by atoms with E-state index in [1.807, 2.05) is 0 Å². The van der Waals surface area contributed by atoms with E-state index >= 15 is 0 Å². The van der Waals surface area contributed by atoms with Gasteiger partial charge in [0, 0.05) is 16.8 Å². The third kappa shape index (κ3) is 2.23. The number of carboxylic acid groups (broad SMARTS) is 1. The van der Waals surface area contributed by atoms with Crippen LogP contribution in [0.15, 0.2) is 30.5 Å². The van der Waals surface area contributed by atoms with Crippen LogP contribution in [0.2, 0.25) is 0 Å². The Bertz CT molecular complexity index is 1060. The molecule has 7 heteroatoms. The van der Waals surface area contributed by atoms with Crippen LogP contribution in [0.5, 0.6) is 0 Å². The Balaban J connectivity index is 2.05. The van der Waals surface area contributed by atoms with E-state index in [0.717, 1.165) is 23.2 Å². The van der Waals surface area contributed by atoms with Gasteiger partial charge in [0.1, 0.15) is 17.5 Å². The number of fused-ring (bicyclic) bond motifs is 3. The summed E-state index contributed by atoms with van der Waals surface area (Å²) in [4.78, 5) is 15.7. The summed E-state index contributed by atoms with van der Waals surface area (Å²) >= 11 is 0. The predicted octanol–water partition coefficient (Wildman–Crippen LogP) is 2.39. The van der Waals surface area contributed by atoms with Crippen LogP contribution >= 0.6 is 0 Å². The largest absolute Gasteiger partial charge is 0.478 e. The Morgan fingerprint density at radius 3 is 2.96 bits per heavy atom. The van der Waals surface area contributed by atoms with Crippen LogP contribution in [0.4, 0.5) is 5.82 Å². The van der Waals surface area contributed by atoms with E-state index in [4.69, 9.17) is 5.73 Å². The third-order valence-corrected chi connectivity index (χ3v) is 4.43. The molecule has 0 aliphatic heterocycles. The van der Waals surface area contributed by atoms with Gasteiger partial charge >= 0.3 is 5.97 Å². The van der Waals surface area contributed by atoms with Crippen molar-refractivity contribution < 1.29 is 9.90 Å². The van der Waals surface area contributed by atoms with E-state index in [0.29, 0.717) is 23.2 Å². The highest BCUT2D eigenvalue weighted by Gasteiger charge is 2.26. The zero-order valence-corrected chi connectivity index (χ0v) is 13.1. The van der Waals surface area contributed by atoms with Gasteiger partial charge in [-0.15, -0.1) is 0 Å². The maximum atomic E-state index is 11.3. The fraction of sp³-hybridized carbons (Fsp3) is 0.111. The normalized spacial score (nSPS) is 12.1. The number of aromatic nitrogens is 3. The quantitative estimate of drug-likeness (QED) is 0.661. The van der Waals surface area contributed by atoms with Crippen LogP contribution in [-0.2, 0) is 12.8 Å². The minimum absolute atomic E-state index is 0.131. The van der Waals surface area contributed by atoms with Crippen molar-refractivity contribution in [2.45, 2.75) is 12.8 Å². The molecule has 1 aromatic carbocycles. The molecule has 2 aromatic heterocycles. The minimum Gasteiger partial charge on any atom is -0.478 e. The maximum absolute atomic E-state index is 11.3. The molecule has 25 heavy (non-hydrogen) atoms. The number of nitriles is 1. The number of H-pyrrole nitrogens is 1. The molecule has 4 rings (SSSR count). The highest BCUT2D eigenvalue weighted by atomic mass is 16.4. The number of carbonyl (C=O) groups is 1. The van der Waals surface area contributed by atoms with Gasteiger partial charge in [0.05, 0.1) is 17.5 Å². The molecule has 4 N–H and O–H groups in total. The van der Waals surface area contributed by atoms with Gasteiger partial charge in [-0.05, 0) is 36.1 Å². The summed E-state index contributed by atoms with van der Waals surface area (Å²) in [6.07, 6.45) is 3.10. The first-order valence-corrected chi connectivity index (χ1v) is 7.69. The maximum Gasteiger partial charge on any atom is 0.335 e. The van der Waals surface area contributed by atoms with Gasteiger partial charge < -0.3 is 10.8 Å². The van der Waals surface area contributed by atoms with Crippen LogP contribution in [0, 0.1) is 11.3 Å². The zero-order chi connectivity index (χ0) is 17.6. The van der Waals surface area contributed by atoms with Gasteiger partial charge in [0.25, 0.3) is 0 Å². The molecular weight excluding hydrogens is 318 g/mol. The average molecular weight is 331 g/mol. The Labute approximate surface area is 142 Å². The van der Waals surface area contributed by atoms with Crippen molar-refractivity contribution in [3.05, 3.63) is 52.8 Å². The van der Waals surface area contributed by atoms with Crippen molar-refractivity contribution in [1.29, 1.82) is 5.26 Å². The van der Waals surface area contributed by atoms with E-state index in [1.165, 1.54) is 6.07 Å². The first kappa shape index (κ1) is 14.9. The number of nitrogen functional groups attached to an aromatic ring is 1. The first-order valence-electron chi connectivity index (χ1n) is 7.69. The summed E-state index contributed by atoms with van der Waals surface area (Å²) in [6.45, 7) is 0. The van der Waals surface area contributed by atoms with Gasteiger partial charge in [-0.2, -0.15) is 10.4 Å². The predicted molar refractivity (Wildman–Crippen MR) is 90.7 cm³/mol. The number of nitrogens with two attached hydrogens (primary N) is 1. The number of aromatic amines is 1. The molecule has 0 amide bonds. The van der Waals surface area contributed by atoms with E-state index in [9.17, 15) is 15.2 Å². The number of carboxylic acids is 1. The first-order chi connectivity index (χ1) is 12.1. The van der Waals surface area contributed by atoms with Crippen LogP contribution in [0.3, 0.4) is 0 Å². The molecule has 122 valence electrons. The molecule has 0 spiro atoms. The molecule has 0 saturated carbocycles. The lowest BCUT2D eigenvalue weighted by molar-refractivity contribution is 0.0697. The zero-order valence-electron chi connectivity index (χ0n) is 13.1. The number of nitrogens with zero attached hydrogens (tertiary/aromatic N) is 3. The van der Waals surface area contributed by atoms with E-state index < -0.39 is 5.97 Å². The van der Waals surface area contributed by atoms with Gasteiger partial charge in [-0.25, -0.2) is 9.78 Å². The second kappa shape index (κ2) is 5.46. The molecule has 0 bridgehead atoms. The number of aromatic carboxylic acids is 1. The third-order valence-electron chi connectivity index (χ3n) is 4.43. The lowest BCUT2D eigenvalue weighted by Crippen LogP contribution is -2.11. The second-order valence-corrected chi connectivity index (χ2v) is 5.83. The summed E-state index contributed by atoms with van der Waals surface area (Å²) in [5.41, 5.74) is 11.2. The summed E-state index contributed by atoms with van der Waals surface area (Å²) in [7, 11) is 0.